The van der Waals surface area contributed by atoms with Crippen molar-refractivity contribution in [2.45, 2.75) is 12.8 Å². The molecule has 2 aromatic rings. The predicted molar refractivity (Wildman–Crippen MR) is 75.8 cm³/mol. The lowest BCUT2D eigenvalue weighted by Gasteiger charge is -2.30. The van der Waals surface area contributed by atoms with Crippen molar-refractivity contribution in [1.82, 2.24) is 9.88 Å². The summed E-state index contributed by atoms with van der Waals surface area (Å²) in [4.78, 5) is 5.88. The highest BCUT2D eigenvalue weighted by molar-refractivity contribution is 14.1. The number of rotatable bonds is 3. The van der Waals surface area contributed by atoms with Crippen molar-refractivity contribution < 1.29 is 0 Å². The fraction of sp³-hybridized carbons (Fsp3) is 0.385. The SMILES string of the molecule is Ic1ccc2c(CCN3CCC3)c[nH]c2c1. The molecule has 0 atom stereocenters. The largest absolute Gasteiger partial charge is 0.361 e. The summed E-state index contributed by atoms with van der Waals surface area (Å²) in [7, 11) is 0. The van der Waals surface area contributed by atoms with Crippen molar-refractivity contribution in [3.63, 3.8) is 0 Å². The number of halogens is 1. The summed E-state index contributed by atoms with van der Waals surface area (Å²) in [6.45, 7) is 3.79. The number of likely N-dealkylation sites (tertiary alicyclic amines) is 1. The fourth-order valence-corrected chi connectivity index (χ4v) is 2.74. The first-order valence-corrected chi connectivity index (χ1v) is 6.89. The summed E-state index contributed by atoms with van der Waals surface area (Å²) >= 11 is 2.36. The Labute approximate surface area is 109 Å². The van der Waals surface area contributed by atoms with E-state index >= 15 is 0 Å². The van der Waals surface area contributed by atoms with Crippen LogP contribution in [0.4, 0.5) is 0 Å². The molecule has 2 nitrogen and oxygen atoms in total. The second-order valence-corrected chi connectivity index (χ2v) is 5.69. The predicted octanol–water partition coefficient (Wildman–Crippen LogP) is 3.02. The smallest absolute Gasteiger partial charge is 0.0467 e. The van der Waals surface area contributed by atoms with Crippen LogP contribution in [0.5, 0.6) is 0 Å². The van der Waals surface area contributed by atoms with Gasteiger partial charge in [-0.1, -0.05) is 6.07 Å². The monoisotopic (exact) mass is 326 g/mol. The van der Waals surface area contributed by atoms with E-state index in [9.17, 15) is 0 Å². The van der Waals surface area contributed by atoms with Crippen LogP contribution < -0.4 is 0 Å². The molecular weight excluding hydrogens is 311 g/mol. The number of aromatic nitrogens is 1. The van der Waals surface area contributed by atoms with Gasteiger partial charge in [0.15, 0.2) is 0 Å². The van der Waals surface area contributed by atoms with Crippen LogP contribution in [0.25, 0.3) is 10.9 Å². The molecule has 16 heavy (non-hydrogen) atoms. The first-order chi connectivity index (χ1) is 7.83. The van der Waals surface area contributed by atoms with Crippen LogP contribution >= 0.6 is 22.6 Å². The quantitative estimate of drug-likeness (QED) is 0.859. The summed E-state index contributed by atoms with van der Waals surface area (Å²) in [5.41, 5.74) is 2.73. The molecule has 1 aromatic heterocycles. The summed E-state index contributed by atoms with van der Waals surface area (Å²) in [6.07, 6.45) is 4.72. The third-order valence-corrected chi connectivity index (χ3v) is 4.05. The van der Waals surface area contributed by atoms with E-state index < -0.39 is 0 Å². The van der Waals surface area contributed by atoms with Gasteiger partial charge in [0.2, 0.25) is 0 Å². The van der Waals surface area contributed by atoms with Crippen molar-refractivity contribution in [3.8, 4) is 0 Å². The summed E-state index contributed by atoms with van der Waals surface area (Å²) in [6, 6.07) is 6.63. The van der Waals surface area contributed by atoms with Crippen LogP contribution in [0, 0.1) is 3.57 Å². The second kappa shape index (κ2) is 4.37. The minimum absolute atomic E-state index is 1.17. The second-order valence-electron chi connectivity index (χ2n) is 4.45. The molecule has 1 N–H and O–H groups in total. The van der Waals surface area contributed by atoms with Crippen molar-refractivity contribution in [1.29, 1.82) is 0 Å². The average Bonchev–Trinajstić information content (AvgIpc) is 2.58. The van der Waals surface area contributed by atoms with Crippen LogP contribution in [-0.2, 0) is 6.42 Å². The highest BCUT2D eigenvalue weighted by Gasteiger charge is 2.13. The zero-order valence-electron chi connectivity index (χ0n) is 9.17. The van der Waals surface area contributed by atoms with Crippen LogP contribution in [0.1, 0.15) is 12.0 Å². The molecule has 1 aromatic carbocycles. The van der Waals surface area contributed by atoms with Gasteiger partial charge in [0.1, 0.15) is 0 Å². The van der Waals surface area contributed by atoms with Gasteiger partial charge in [0.25, 0.3) is 0 Å². The Kier molecular flexibility index (Phi) is 2.90. The molecule has 1 aliphatic heterocycles. The Hall–Kier alpha value is -0.550. The third-order valence-electron chi connectivity index (χ3n) is 3.38. The molecule has 3 rings (SSSR count). The van der Waals surface area contributed by atoms with E-state index in [1.165, 1.54) is 52.5 Å². The number of benzene rings is 1. The number of aromatic amines is 1. The van der Waals surface area contributed by atoms with E-state index in [2.05, 4.69) is 56.9 Å². The molecule has 0 aliphatic carbocycles. The number of hydrogen-bond donors (Lipinski definition) is 1. The molecule has 0 spiro atoms. The number of H-pyrrole nitrogens is 1. The standard InChI is InChI=1S/C13H15IN2/c14-11-2-3-12-10(9-15-13(12)8-11)4-7-16-5-1-6-16/h2-3,8-9,15H,1,4-7H2. The Balaban J connectivity index is 1.80. The fourth-order valence-electron chi connectivity index (χ4n) is 2.25. The molecule has 1 saturated heterocycles. The van der Waals surface area contributed by atoms with Gasteiger partial charge >= 0.3 is 0 Å². The number of nitrogens with one attached hydrogen (secondary N) is 1. The Morgan fingerprint density at radius 2 is 2.19 bits per heavy atom. The average molecular weight is 326 g/mol. The molecule has 1 fully saturated rings. The van der Waals surface area contributed by atoms with E-state index in [1.54, 1.807) is 0 Å². The molecule has 1 aliphatic rings. The summed E-state index contributed by atoms with van der Waals surface area (Å²) in [5, 5.41) is 1.39. The zero-order chi connectivity index (χ0) is 11.0. The molecular formula is C13H15IN2. The van der Waals surface area contributed by atoms with Crippen LogP contribution in [-0.4, -0.2) is 29.5 Å². The zero-order valence-corrected chi connectivity index (χ0v) is 11.3. The lowest BCUT2D eigenvalue weighted by molar-refractivity contribution is 0.184. The molecule has 0 amide bonds. The third kappa shape index (κ3) is 1.98. The molecule has 0 unspecified atom stereocenters. The minimum Gasteiger partial charge on any atom is -0.361 e. The van der Waals surface area contributed by atoms with E-state index in [0.29, 0.717) is 0 Å². The van der Waals surface area contributed by atoms with Crippen molar-refractivity contribution in [2.75, 3.05) is 19.6 Å². The van der Waals surface area contributed by atoms with Crippen LogP contribution in [0.15, 0.2) is 24.4 Å². The van der Waals surface area contributed by atoms with E-state index in [0.717, 1.165) is 0 Å². The first-order valence-electron chi connectivity index (χ1n) is 5.81. The van der Waals surface area contributed by atoms with E-state index in [4.69, 9.17) is 0 Å². The van der Waals surface area contributed by atoms with Gasteiger partial charge < -0.3 is 9.88 Å². The van der Waals surface area contributed by atoms with Crippen molar-refractivity contribution in [3.05, 3.63) is 33.5 Å². The van der Waals surface area contributed by atoms with Gasteiger partial charge in [-0.25, -0.2) is 0 Å². The van der Waals surface area contributed by atoms with Gasteiger partial charge in [-0.15, -0.1) is 0 Å². The minimum atomic E-state index is 1.17. The molecule has 2 heterocycles. The molecule has 0 bridgehead atoms. The Bertz CT molecular complexity index is 500. The number of nitrogens with zero attached hydrogens (tertiary/aromatic N) is 1. The van der Waals surface area contributed by atoms with Crippen molar-refractivity contribution >= 4 is 33.5 Å². The summed E-state index contributed by atoms with van der Waals surface area (Å²) < 4.78 is 1.29. The van der Waals surface area contributed by atoms with Crippen molar-refractivity contribution in [2.24, 2.45) is 0 Å². The van der Waals surface area contributed by atoms with Gasteiger partial charge in [-0.2, -0.15) is 0 Å². The molecule has 84 valence electrons. The first kappa shape index (κ1) is 10.6. The maximum absolute atomic E-state index is 3.37. The van der Waals surface area contributed by atoms with Crippen LogP contribution in [0.2, 0.25) is 0 Å². The lowest BCUT2D eigenvalue weighted by Crippen LogP contribution is -2.38. The lowest BCUT2D eigenvalue weighted by atomic mass is 10.1. The maximum Gasteiger partial charge on any atom is 0.0467 e. The van der Waals surface area contributed by atoms with Gasteiger partial charge in [0.05, 0.1) is 0 Å². The maximum atomic E-state index is 3.37. The van der Waals surface area contributed by atoms with Gasteiger partial charge in [-0.3, -0.25) is 0 Å². The summed E-state index contributed by atoms with van der Waals surface area (Å²) in [5.74, 6) is 0. The molecule has 3 heteroatoms. The highest BCUT2D eigenvalue weighted by Crippen LogP contribution is 2.21. The Morgan fingerprint density at radius 1 is 1.31 bits per heavy atom. The van der Waals surface area contributed by atoms with Gasteiger partial charge in [-0.05, 0) is 66.2 Å². The Morgan fingerprint density at radius 3 is 2.94 bits per heavy atom. The molecule has 0 saturated carbocycles. The topological polar surface area (TPSA) is 19.0 Å². The van der Waals surface area contributed by atoms with E-state index in [-0.39, 0.29) is 0 Å². The van der Waals surface area contributed by atoms with E-state index in [1.807, 2.05) is 0 Å². The normalized spacial score (nSPS) is 16.6. The number of hydrogen-bond acceptors (Lipinski definition) is 1. The van der Waals surface area contributed by atoms with Crippen LogP contribution in [0.3, 0.4) is 0 Å². The molecule has 0 radical (unpaired) electrons. The van der Waals surface area contributed by atoms with Gasteiger partial charge in [0, 0.05) is 27.2 Å². The number of fused-ring (bicyclic) bond motifs is 1. The highest BCUT2D eigenvalue weighted by atomic mass is 127.